The zero-order valence-electron chi connectivity index (χ0n) is 12.9. The highest BCUT2D eigenvalue weighted by atomic mass is 16.1. The van der Waals surface area contributed by atoms with Crippen LogP contribution in [-0.2, 0) is 5.41 Å². The van der Waals surface area contributed by atoms with Crippen LogP contribution < -0.4 is 0 Å². The minimum absolute atomic E-state index is 0.0913. The average molecular weight is 266 g/mol. The second-order valence-electron chi connectivity index (χ2n) is 6.46. The normalized spacial score (nSPS) is 11.4. The summed E-state index contributed by atoms with van der Waals surface area (Å²) in [4.78, 5) is 12.5. The monoisotopic (exact) mass is 266 g/mol. The Morgan fingerprint density at radius 1 is 0.800 bits per heavy atom. The Balaban J connectivity index is 2.31. The summed E-state index contributed by atoms with van der Waals surface area (Å²) in [5.74, 6) is 0.0913. The summed E-state index contributed by atoms with van der Waals surface area (Å²) in [5, 5.41) is 0. The van der Waals surface area contributed by atoms with Gasteiger partial charge in [-0.1, -0.05) is 57.2 Å². The van der Waals surface area contributed by atoms with Gasteiger partial charge in [0, 0.05) is 11.1 Å². The van der Waals surface area contributed by atoms with Gasteiger partial charge in [0.05, 0.1) is 0 Å². The number of ketones is 1. The minimum atomic E-state index is 0.0913. The first-order chi connectivity index (χ1) is 9.29. The molecule has 2 aromatic rings. The molecule has 0 N–H and O–H groups in total. The Bertz CT molecular complexity index is 628. The molecule has 0 unspecified atom stereocenters. The fraction of sp³-hybridized carbons (Fsp3) is 0.316. The predicted molar refractivity (Wildman–Crippen MR) is 84.5 cm³/mol. The first kappa shape index (κ1) is 14.5. The van der Waals surface area contributed by atoms with Crippen molar-refractivity contribution in [1.82, 2.24) is 0 Å². The summed E-state index contributed by atoms with van der Waals surface area (Å²) in [6.07, 6.45) is 0. The summed E-state index contributed by atoms with van der Waals surface area (Å²) in [7, 11) is 0. The van der Waals surface area contributed by atoms with E-state index in [0.717, 1.165) is 16.7 Å². The lowest BCUT2D eigenvalue weighted by molar-refractivity contribution is 0.103. The van der Waals surface area contributed by atoms with Crippen LogP contribution in [0.4, 0.5) is 0 Å². The van der Waals surface area contributed by atoms with E-state index in [2.05, 4.69) is 27.7 Å². The maximum atomic E-state index is 12.5. The molecule has 2 rings (SSSR count). The van der Waals surface area contributed by atoms with Crippen LogP contribution >= 0.6 is 0 Å². The SMILES string of the molecule is Cc1ccc(C(=O)c2ccc(C(C)(C)C)cc2)cc1C. The van der Waals surface area contributed by atoms with E-state index in [9.17, 15) is 4.79 Å². The Labute approximate surface area is 121 Å². The number of hydrogen-bond acceptors (Lipinski definition) is 1. The van der Waals surface area contributed by atoms with Crippen molar-refractivity contribution in [3.63, 3.8) is 0 Å². The van der Waals surface area contributed by atoms with Gasteiger partial charge in [-0.25, -0.2) is 0 Å². The molecule has 0 atom stereocenters. The maximum absolute atomic E-state index is 12.5. The van der Waals surface area contributed by atoms with E-state index in [1.165, 1.54) is 11.1 Å². The van der Waals surface area contributed by atoms with Crippen LogP contribution in [0.15, 0.2) is 42.5 Å². The van der Waals surface area contributed by atoms with E-state index in [1.807, 2.05) is 49.4 Å². The highest BCUT2D eigenvalue weighted by Gasteiger charge is 2.15. The molecule has 20 heavy (non-hydrogen) atoms. The van der Waals surface area contributed by atoms with Crippen molar-refractivity contribution in [2.45, 2.75) is 40.0 Å². The standard InChI is InChI=1S/C19H22O/c1-13-6-7-16(12-14(13)2)18(20)15-8-10-17(11-9-15)19(3,4)5/h6-12H,1-5H3. The molecule has 0 spiro atoms. The molecular weight excluding hydrogens is 244 g/mol. The van der Waals surface area contributed by atoms with Gasteiger partial charge in [0.15, 0.2) is 5.78 Å². The van der Waals surface area contributed by atoms with Crippen LogP contribution in [0.3, 0.4) is 0 Å². The summed E-state index contributed by atoms with van der Waals surface area (Å²) in [6, 6.07) is 13.8. The lowest BCUT2D eigenvalue weighted by atomic mass is 9.86. The topological polar surface area (TPSA) is 17.1 Å². The fourth-order valence-electron chi connectivity index (χ4n) is 2.17. The first-order valence-electron chi connectivity index (χ1n) is 7.01. The second-order valence-corrected chi connectivity index (χ2v) is 6.46. The van der Waals surface area contributed by atoms with Gasteiger partial charge >= 0.3 is 0 Å². The molecule has 0 aromatic heterocycles. The van der Waals surface area contributed by atoms with Gasteiger partial charge in [0.25, 0.3) is 0 Å². The quantitative estimate of drug-likeness (QED) is 0.711. The molecular formula is C19H22O. The molecule has 0 saturated heterocycles. The smallest absolute Gasteiger partial charge is 0.193 e. The van der Waals surface area contributed by atoms with Crippen LogP contribution in [0.1, 0.15) is 53.4 Å². The fourth-order valence-corrected chi connectivity index (χ4v) is 2.17. The van der Waals surface area contributed by atoms with Crippen LogP contribution in [0.25, 0.3) is 0 Å². The number of rotatable bonds is 2. The number of aryl methyl sites for hydroxylation is 2. The summed E-state index contributed by atoms with van der Waals surface area (Å²) in [6.45, 7) is 10.6. The lowest BCUT2D eigenvalue weighted by Gasteiger charge is -2.19. The summed E-state index contributed by atoms with van der Waals surface area (Å²) < 4.78 is 0. The summed E-state index contributed by atoms with van der Waals surface area (Å²) in [5.41, 5.74) is 5.24. The zero-order valence-corrected chi connectivity index (χ0v) is 12.9. The van der Waals surface area contributed by atoms with Crippen molar-refractivity contribution < 1.29 is 4.79 Å². The van der Waals surface area contributed by atoms with Crippen molar-refractivity contribution in [2.24, 2.45) is 0 Å². The minimum Gasteiger partial charge on any atom is -0.289 e. The molecule has 0 amide bonds. The van der Waals surface area contributed by atoms with Crippen LogP contribution in [0, 0.1) is 13.8 Å². The van der Waals surface area contributed by atoms with E-state index in [4.69, 9.17) is 0 Å². The molecule has 1 nitrogen and oxygen atoms in total. The van der Waals surface area contributed by atoms with Crippen molar-refractivity contribution in [3.05, 3.63) is 70.3 Å². The van der Waals surface area contributed by atoms with Crippen molar-refractivity contribution >= 4 is 5.78 Å². The molecule has 0 fully saturated rings. The molecule has 0 saturated carbocycles. The van der Waals surface area contributed by atoms with E-state index >= 15 is 0 Å². The van der Waals surface area contributed by atoms with Gasteiger partial charge in [0.1, 0.15) is 0 Å². The van der Waals surface area contributed by atoms with Crippen molar-refractivity contribution in [1.29, 1.82) is 0 Å². The van der Waals surface area contributed by atoms with Gasteiger partial charge in [-0.15, -0.1) is 0 Å². The average Bonchev–Trinajstić information content (AvgIpc) is 2.40. The van der Waals surface area contributed by atoms with Crippen molar-refractivity contribution in [3.8, 4) is 0 Å². The Morgan fingerprint density at radius 2 is 1.35 bits per heavy atom. The van der Waals surface area contributed by atoms with E-state index in [0.29, 0.717) is 0 Å². The number of hydrogen-bond donors (Lipinski definition) is 0. The van der Waals surface area contributed by atoms with E-state index in [-0.39, 0.29) is 11.2 Å². The van der Waals surface area contributed by atoms with Crippen LogP contribution in [0.5, 0.6) is 0 Å². The third-order valence-electron chi connectivity index (χ3n) is 3.78. The summed E-state index contributed by atoms with van der Waals surface area (Å²) >= 11 is 0. The molecule has 0 bridgehead atoms. The third-order valence-corrected chi connectivity index (χ3v) is 3.78. The van der Waals surface area contributed by atoms with Gasteiger partial charge < -0.3 is 0 Å². The predicted octanol–water partition coefficient (Wildman–Crippen LogP) is 4.83. The first-order valence-corrected chi connectivity index (χ1v) is 7.01. The molecule has 0 aliphatic heterocycles. The Morgan fingerprint density at radius 3 is 1.85 bits per heavy atom. The lowest BCUT2D eigenvalue weighted by Crippen LogP contribution is -2.11. The number of carbonyl (C=O) groups is 1. The molecule has 0 aliphatic rings. The van der Waals surface area contributed by atoms with Gasteiger partial charge in [0.2, 0.25) is 0 Å². The molecule has 0 aliphatic carbocycles. The van der Waals surface area contributed by atoms with Crippen molar-refractivity contribution in [2.75, 3.05) is 0 Å². The molecule has 104 valence electrons. The molecule has 2 aromatic carbocycles. The zero-order chi connectivity index (χ0) is 14.9. The van der Waals surface area contributed by atoms with Crippen LogP contribution in [-0.4, -0.2) is 5.78 Å². The number of benzene rings is 2. The van der Waals surface area contributed by atoms with Gasteiger partial charge in [-0.05, 0) is 42.0 Å². The highest BCUT2D eigenvalue weighted by Crippen LogP contribution is 2.23. The largest absolute Gasteiger partial charge is 0.289 e. The Kier molecular flexibility index (Phi) is 3.80. The molecule has 1 heteroatoms. The molecule has 0 heterocycles. The Hall–Kier alpha value is -1.89. The molecule has 0 radical (unpaired) electrons. The van der Waals surface area contributed by atoms with E-state index in [1.54, 1.807) is 0 Å². The van der Waals surface area contributed by atoms with Gasteiger partial charge in [-0.3, -0.25) is 4.79 Å². The van der Waals surface area contributed by atoms with Crippen LogP contribution in [0.2, 0.25) is 0 Å². The van der Waals surface area contributed by atoms with E-state index < -0.39 is 0 Å². The maximum Gasteiger partial charge on any atom is 0.193 e. The number of carbonyl (C=O) groups excluding carboxylic acids is 1. The highest BCUT2D eigenvalue weighted by molar-refractivity contribution is 6.09. The van der Waals surface area contributed by atoms with Gasteiger partial charge in [-0.2, -0.15) is 0 Å². The second kappa shape index (κ2) is 5.24. The third kappa shape index (κ3) is 2.98.